The largest absolute Gasteiger partial charge is 1.00 e. The van der Waals surface area contributed by atoms with Crippen LogP contribution in [-0.4, -0.2) is 10.7 Å². The molecule has 20 heavy (non-hydrogen) atoms. The van der Waals surface area contributed by atoms with Crippen molar-refractivity contribution in [3.8, 4) is 11.3 Å². The number of rotatable bonds is 4. The number of imidazole rings is 1. The molecule has 0 saturated carbocycles. The predicted octanol–water partition coefficient (Wildman–Crippen LogP) is 0.927. The van der Waals surface area contributed by atoms with Crippen molar-refractivity contribution in [3.05, 3.63) is 54.9 Å². The van der Waals surface area contributed by atoms with Gasteiger partial charge < -0.3 is 17.0 Å². The summed E-state index contributed by atoms with van der Waals surface area (Å²) in [7, 11) is 0. The molecule has 0 radical (unpaired) electrons. The fourth-order valence-electron chi connectivity index (χ4n) is 2.09. The lowest BCUT2D eigenvalue weighted by atomic mass is 10.2. The molecule has 4 heteroatoms. The zero-order valence-corrected chi connectivity index (χ0v) is 13.7. The molecule has 0 bridgehead atoms. The number of pyridine rings is 1. The van der Waals surface area contributed by atoms with Gasteiger partial charge in [0.25, 0.3) is 5.65 Å². The number of fused-ring (bicyclic) bond motifs is 1. The lowest BCUT2D eigenvalue weighted by molar-refractivity contribution is -0.512. The van der Waals surface area contributed by atoms with Crippen molar-refractivity contribution >= 4 is 17.4 Å². The minimum absolute atomic E-state index is 0. The quantitative estimate of drug-likeness (QED) is 0.549. The number of aromatic amines is 1. The van der Waals surface area contributed by atoms with E-state index in [1.54, 1.807) is 0 Å². The Hall–Kier alpha value is -1.26. The molecule has 1 N–H and O–H groups in total. The van der Waals surface area contributed by atoms with Crippen LogP contribution in [0.25, 0.3) is 16.9 Å². The Bertz CT molecular complexity index is 679. The van der Waals surface area contributed by atoms with Crippen LogP contribution in [0.15, 0.2) is 59.8 Å². The molecule has 2 heterocycles. The second kappa shape index (κ2) is 6.95. The molecule has 0 spiro atoms. The molecule has 3 rings (SSSR count). The van der Waals surface area contributed by atoms with E-state index in [0.29, 0.717) is 0 Å². The van der Waals surface area contributed by atoms with Gasteiger partial charge in [0, 0.05) is 16.5 Å². The second-order valence-electron chi connectivity index (χ2n) is 4.54. The SMILES string of the molecule is CCCSc1ccc2[nH]c(-c3ccccc3)c[n+]2c1.[Br-]. The number of nitrogens with one attached hydrogen (secondary N) is 1. The first-order valence-corrected chi connectivity index (χ1v) is 7.57. The van der Waals surface area contributed by atoms with E-state index in [1.807, 2.05) is 17.8 Å². The molecule has 2 nitrogen and oxygen atoms in total. The van der Waals surface area contributed by atoms with Crippen molar-refractivity contribution in [2.45, 2.75) is 18.2 Å². The molecule has 0 aliphatic carbocycles. The second-order valence-corrected chi connectivity index (χ2v) is 5.71. The van der Waals surface area contributed by atoms with E-state index in [-0.39, 0.29) is 17.0 Å². The number of aromatic nitrogens is 2. The molecule has 0 aliphatic heterocycles. The summed E-state index contributed by atoms with van der Waals surface area (Å²) in [4.78, 5) is 4.77. The van der Waals surface area contributed by atoms with Gasteiger partial charge in [0.05, 0.1) is 0 Å². The Balaban J connectivity index is 0.00000147. The minimum atomic E-state index is 0. The van der Waals surface area contributed by atoms with E-state index in [0.717, 1.165) is 11.3 Å². The maximum atomic E-state index is 3.45. The van der Waals surface area contributed by atoms with Crippen molar-refractivity contribution in [1.29, 1.82) is 0 Å². The third kappa shape index (κ3) is 3.25. The number of nitrogens with zero attached hydrogens (tertiary/aromatic N) is 1. The maximum absolute atomic E-state index is 3.45. The Morgan fingerprint density at radius 1 is 1.05 bits per heavy atom. The van der Waals surface area contributed by atoms with Crippen LogP contribution < -0.4 is 21.4 Å². The summed E-state index contributed by atoms with van der Waals surface area (Å²) >= 11 is 1.91. The minimum Gasteiger partial charge on any atom is -1.00 e. The Morgan fingerprint density at radius 3 is 2.60 bits per heavy atom. The van der Waals surface area contributed by atoms with Gasteiger partial charge in [-0.05, 0) is 18.2 Å². The predicted molar refractivity (Wildman–Crippen MR) is 80.4 cm³/mol. The lowest BCUT2D eigenvalue weighted by Crippen LogP contribution is -3.00. The number of halogens is 1. The molecule has 0 fully saturated rings. The van der Waals surface area contributed by atoms with Crippen LogP contribution in [0.3, 0.4) is 0 Å². The Kier molecular flexibility index (Phi) is 5.26. The monoisotopic (exact) mass is 348 g/mol. The van der Waals surface area contributed by atoms with Gasteiger partial charge in [0.15, 0.2) is 5.69 Å². The van der Waals surface area contributed by atoms with Crippen LogP contribution in [0.5, 0.6) is 0 Å². The van der Waals surface area contributed by atoms with Crippen molar-refractivity contribution in [1.82, 2.24) is 4.98 Å². The third-order valence-corrected chi connectivity index (χ3v) is 4.23. The first-order valence-electron chi connectivity index (χ1n) is 6.59. The van der Waals surface area contributed by atoms with Crippen LogP contribution >= 0.6 is 11.8 Å². The molecule has 0 amide bonds. The summed E-state index contributed by atoms with van der Waals surface area (Å²) in [5, 5.41) is 0. The van der Waals surface area contributed by atoms with Gasteiger partial charge in [0.1, 0.15) is 12.4 Å². The average molecular weight is 349 g/mol. The fraction of sp³-hybridized carbons (Fsp3) is 0.188. The Labute approximate surface area is 134 Å². The summed E-state index contributed by atoms with van der Waals surface area (Å²) in [5.41, 5.74) is 3.49. The normalized spacial score (nSPS) is 10.4. The zero-order chi connectivity index (χ0) is 13.1. The van der Waals surface area contributed by atoms with Gasteiger partial charge >= 0.3 is 0 Å². The fourth-order valence-corrected chi connectivity index (χ4v) is 2.88. The van der Waals surface area contributed by atoms with E-state index < -0.39 is 0 Å². The van der Waals surface area contributed by atoms with Crippen LogP contribution in [0.1, 0.15) is 13.3 Å². The smallest absolute Gasteiger partial charge is 0.284 e. The molecule has 0 saturated heterocycles. The molecule has 104 valence electrons. The van der Waals surface area contributed by atoms with Crippen molar-refractivity contribution in [2.24, 2.45) is 0 Å². The molecular formula is C16H17BrN2S. The van der Waals surface area contributed by atoms with Crippen LogP contribution in [-0.2, 0) is 0 Å². The topological polar surface area (TPSA) is 19.9 Å². The van der Waals surface area contributed by atoms with Gasteiger partial charge in [-0.1, -0.05) is 37.3 Å². The molecule has 3 aromatic rings. The molecule has 0 atom stereocenters. The van der Waals surface area contributed by atoms with Gasteiger partial charge in [-0.15, -0.1) is 11.8 Å². The molecule has 0 unspecified atom stereocenters. The lowest BCUT2D eigenvalue weighted by Gasteiger charge is -1.96. The number of benzene rings is 1. The van der Waals surface area contributed by atoms with E-state index in [2.05, 4.69) is 65.1 Å². The van der Waals surface area contributed by atoms with Gasteiger partial charge in [-0.2, -0.15) is 0 Å². The summed E-state index contributed by atoms with van der Waals surface area (Å²) in [6.45, 7) is 2.21. The highest BCUT2D eigenvalue weighted by Crippen LogP contribution is 2.19. The number of H-pyrrole nitrogens is 1. The highest BCUT2D eigenvalue weighted by atomic mass is 79.9. The van der Waals surface area contributed by atoms with Crippen molar-refractivity contribution in [2.75, 3.05) is 5.75 Å². The molecular weight excluding hydrogens is 332 g/mol. The standard InChI is InChI=1S/C16H16N2S.BrH/c1-2-10-19-14-8-9-16-17-15(12-18(16)11-14)13-6-4-3-5-7-13;/h3-9,11-12H,2,10H2,1H3;1H. The Morgan fingerprint density at radius 2 is 1.85 bits per heavy atom. The summed E-state index contributed by atoms with van der Waals surface area (Å²) in [5.74, 6) is 1.17. The number of hydrogen-bond acceptors (Lipinski definition) is 1. The maximum Gasteiger partial charge on any atom is 0.284 e. The zero-order valence-electron chi connectivity index (χ0n) is 11.3. The van der Waals surface area contributed by atoms with Crippen LogP contribution in [0.2, 0.25) is 0 Å². The van der Waals surface area contributed by atoms with E-state index in [4.69, 9.17) is 0 Å². The first kappa shape index (κ1) is 15.1. The molecule has 0 aliphatic rings. The van der Waals surface area contributed by atoms with E-state index in [1.165, 1.54) is 22.6 Å². The molecule has 2 aromatic heterocycles. The van der Waals surface area contributed by atoms with Gasteiger partial charge in [-0.25, -0.2) is 9.38 Å². The average Bonchev–Trinajstić information content (AvgIpc) is 2.89. The first-order chi connectivity index (χ1) is 9.36. The molecule has 1 aromatic carbocycles. The van der Waals surface area contributed by atoms with Crippen molar-refractivity contribution in [3.63, 3.8) is 0 Å². The van der Waals surface area contributed by atoms with E-state index >= 15 is 0 Å². The van der Waals surface area contributed by atoms with Gasteiger partial charge in [0.2, 0.25) is 0 Å². The van der Waals surface area contributed by atoms with Gasteiger partial charge in [-0.3, -0.25) is 0 Å². The van der Waals surface area contributed by atoms with Crippen LogP contribution in [0, 0.1) is 0 Å². The van der Waals surface area contributed by atoms with E-state index in [9.17, 15) is 0 Å². The summed E-state index contributed by atoms with van der Waals surface area (Å²) in [6.07, 6.45) is 5.55. The third-order valence-electron chi connectivity index (χ3n) is 3.04. The number of thioether (sulfide) groups is 1. The summed E-state index contributed by atoms with van der Waals surface area (Å²) < 4.78 is 2.17. The van der Waals surface area contributed by atoms with Crippen LogP contribution in [0.4, 0.5) is 0 Å². The highest BCUT2D eigenvalue weighted by Gasteiger charge is 2.10. The number of hydrogen-bond donors (Lipinski definition) is 1. The van der Waals surface area contributed by atoms with Crippen molar-refractivity contribution < 1.29 is 21.4 Å². The summed E-state index contributed by atoms with van der Waals surface area (Å²) in [6, 6.07) is 14.7. The highest BCUT2D eigenvalue weighted by molar-refractivity contribution is 7.99.